The van der Waals surface area contributed by atoms with E-state index in [1.807, 2.05) is 6.07 Å². The van der Waals surface area contributed by atoms with Gasteiger partial charge in [0.2, 0.25) is 0 Å². The minimum atomic E-state index is 0.178. The molecular formula is C9H11Br2N3. The minimum Gasteiger partial charge on any atom is -0.271 e. The molecule has 1 atom stereocenters. The molecule has 0 amide bonds. The van der Waals surface area contributed by atoms with Crippen LogP contribution in [0.2, 0.25) is 0 Å². The van der Waals surface area contributed by atoms with Crippen LogP contribution in [0, 0.1) is 5.92 Å². The number of rotatable bonds is 3. The number of pyridine rings is 1. The van der Waals surface area contributed by atoms with Crippen molar-refractivity contribution in [2.24, 2.45) is 11.8 Å². The van der Waals surface area contributed by atoms with E-state index in [1.54, 1.807) is 6.20 Å². The molecule has 1 aliphatic rings. The van der Waals surface area contributed by atoms with E-state index in [-0.39, 0.29) is 6.04 Å². The first kappa shape index (κ1) is 10.5. The molecule has 1 aromatic rings. The lowest BCUT2D eigenvalue weighted by atomic mass is 10.1. The summed E-state index contributed by atoms with van der Waals surface area (Å²) in [5.74, 6) is 6.17. The highest BCUT2D eigenvalue weighted by atomic mass is 79.9. The van der Waals surface area contributed by atoms with Gasteiger partial charge in [-0.05, 0) is 56.7 Å². The van der Waals surface area contributed by atoms with Gasteiger partial charge in [0.15, 0.2) is 0 Å². The molecular weight excluding hydrogens is 310 g/mol. The number of aromatic nitrogens is 1. The van der Waals surface area contributed by atoms with Gasteiger partial charge in [-0.1, -0.05) is 0 Å². The van der Waals surface area contributed by atoms with Crippen LogP contribution in [-0.4, -0.2) is 4.98 Å². The molecule has 1 unspecified atom stereocenters. The number of hydrazine groups is 1. The molecule has 0 aromatic carbocycles. The summed E-state index contributed by atoms with van der Waals surface area (Å²) in [4.78, 5) is 4.37. The molecule has 1 aliphatic carbocycles. The van der Waals surface area contributed by atoms with Crippen molar-refractivity contribution in [1.82, 2.24) is 10.4 Å². The predicted molar refractivity (Wildman–Crippen MR) is 62.4 cm³/mol. The normalized spacial score (nSPS) is 18.2. The number of hydrogen-bond donors (Lipinski definition) is 2. The van der Waals surface area contributed by atoms with E-state index in [2.05, 4.69) is 42.3 Å². The maximum Gasteiger partial charge on any atom is 0.0732 e. The van der Waals surface area contributed by atoms with Gasteiger partial charge < -0.3 is 0 Å². The topological polar surface area (TPSA) is 50.9 Å². The van der Waals surface area contributed by atoms with Crippen molar-refractivity contribution in [3.63, 3.8) is 0 Å². The van der Waals surface area contributed by atoms with Crippen LogP contribution in [0.3, 0.4) is 0 Å². The Hall–Kier alpha value is 0.0300. The van der Waals surface area contributed by atoms with Crippen LogP contribution in [-0.2, 0) is 0 Å². The highest BCUT2D eigenvalue weighted by molar-refractivity contribution is 9.11. The van der Waals surface area contributed by atoms with Crippen LogP contribution >= 0.6 is 31.9 Å². The van der Waals surface area contributed by atoms with E-state index in [4.69, 9.17) is 5.84 Å². The lowest BCUT2D eigenvalue weighted by molar-refractivity contribution is 0.483. The van der Waals surface area contributed by atoms with E-state index in [0.717, 1.165) is 14.6 Å². The van der Waals surface area contributed by atoms with Gasteiger partial charge in [-0.2, -0.15) is 0 Å². The Labute approximate surface area is 99.7 Å². The highest BCUT2D eigenvalue weighted by Crippen LogP contribution is 2.41. The summed E-state index contributed by atoms with van der Waals surface area (Å²) < 4.78 is 1.97. The van der Waals surface area contributed by atoms with Crippen LogP contribution < -0.4 is 11.3 Å². The summed E-state index contributed by atoms with van der Waals surface area (Å²) in [7, 11) is 0. The van der Waals surface area contributed by atoms with Gasteiger partial charge in [-0.3, -0.25) is 16.3 Å². The molecule has 3 nitrogen and oxygen atoms in total. The van der Waals surface area contributed by atoms with Gasteiger partial charge in [0.25, 0.3) is 0 Å². The lowest BCUT2D eigenvalue weighted by Crippen LogP contribution is -2.30. The fourth-order valence-electron chi connectivity index (χ4n) is 1.52. The first-order valence-corrected chi connectivity index (χ1v) is 6.08. The number of nitrogens with one attached hydrogen (secondary N) is 1. The average Bonchev–Trinajstić information content (AvgIpc) is 2.93. The maximum atomic E-state index is 5.53. The van der Waals surface area contributed by atoms with Crippen molar-refractivity contribution >= 4 is 31.9 Å². The molecule has 1 saturated carbocycles. The predicted octanol–water partition coefficient (Wildman–Crippen LogP) is 2.52. The molecule has 3 N–H and O–H groups in total. The highest BCUT2D eigenvalue weighted by Gasteiger charge is 2.33. The quantitative estimate of drug-likeness (QED) is 0.664. The maximum absolute atomic E-state index is 5.53. The summed E-state index contributed by atoms with van der Waals surface area (Å²) in [6.07, 6.45) is 4.27. The Bertz CT molecular complexity index is 339. The molecule has 0 spiro atoms. The van der Waals surface area contributed by atoms with Crippen LogP contribution in [0.4, 0.5) is 0 Å². The third kappa shape index (κ3) is 2.16. The second-order valence-electron chi connectivity index (χ2n) is 3.50. The second kappa shape index (κ2) is 4.26. The van der Waals surface area contributed by atoms with E-state index in [0.29, 0.717) is 5.92 Å². The van der Waals surface area contributed by atoms with Gasteiger partial charge >= 0.3 is 0 Å². The molecule has 1 aromatic heterocycles. The van der Waals surface area contributed by atoms with Crippen molar-refractivity contribution in [3.05, 3.63) is 26.9 Å². The largest absolute Gasteiger partial charge is 0.271 e. The number of nitrogens with two attached hydrogens (primary N) is 1. The van der Waals surface area contributed by atoms with Crippen molar-refractivity contribution in [2.75, 3.05) is 0 Å². The van der Waals surface area contributed by atoms with Crippen molar-refractivity contribution in [2.45, 2.75) is 18.9 Å². The lowest BCUT2D eigenvalue weighted by Gasteiger charge is -2.15. The zero-order chi connectivity index (χ0) is 10.1. The summed E-state index contributed by atoms with van der Waals surface area (Å²) in [6.45, 7) is 0. The number of hydrogen-bond acceptors (Lipinski definition) is 3. The number of halogens is 2. The molecule has 76 valence electrons. The average molecular weight is 321 g/mol. The molecule has 5 heteroatoms. The van der Waals surface area contributed by atoms with Crippen molar-refractivity contribution in [1.29, 1.82) is 0 Å². The van der Waals surface area contributed by atoms with Crippen molar-refractivity contribution < 1.29 is 0 Å². The standard InChI is InChI=1S/C9H11Br2N3/c10-6-3-7(11)9(13-4-6)8(14-12)5-1-2-5/h3-5,8,14H,1-2,12H2. The summed E-state index contributed by atoms with van der Waals surface area (Å²) in [5.41, 5.74) is 3.83. The van der Waals surface area contributed by atoms with Gasteiger partial charge in [-0.25, -0.2) is 0 Å². The Morgan fingerprint density at radius 3 is 2.71 bits per heavy atom. The molecule has 14 heavy (non-hydrogen) atoms. The molecule has 1 heterocycles. The Morgan fingerprint density at radius 2 is 2.21 bits per heavy atom. The van der Waals surface area contributed by atoms with E-state index < -0.39 is 0 Å². The fraction of sp³-hybridized carbons (Fsp3) is 0.444. The third-order valence-electron chi connectivity index (χ3n) is 2.40. The van der Waals surface area contributed by atoms with Gasteiger partial charge in [0, 0.05) is 15.1 Å². The van der Waals surface area contributed by atoms with Gasteiger partial charge in [0.05, 0.1) is 11.7 Å². The zero-order valence-corrected chi connectivity index (χ0v) is 10.7. The van der Waals surface area contributed by atoms with E-state index in [9.17, 15) is 0 Å². The fourth-order valence-corrected chi connectivity index (χ4v) is 2.76. The molecule has 0 bridgehead atoms. The second-order valence-corrected chi connectivity index (χ2v) is 5.27. The van der Waals surface area contributed by atoms with Crippen LogP contribution in [0.1, 0.15) is 24.6 Å². The molecule has 1 fully saturated rings. The Balaban J connectivity index is 2.29. The van der Waals surface area contributed by atoms with Crippen LogP contribution in [0.25, 0.3) is 0 Å². The molecule has 2 rings (SSSR count). The monoisotopic (exact) mass is 319 g/mol. The Morgan fingerprint density at radius 1 is 1.50 bits per heavy atom. The van der Waals surface area contributed by atoms with Gasteiger partial charge in [-0.15, -0.1) is 0 Å². The smallest absolute Gasteiger partial charge is 0.0732 e. The van der Waals surface area contributed by atoms with E-state index >= 15 is 0 Å². The zero-order valence-electron chi connectivity index (χ0n) is 7.50. The SMILES string of the molecule is NNC(c1ncc(Br)cc1Br)C1CC1. The molecule has 0 aliphatic heterocycles. The summed E-state index contributed by atoms with van der Waals surface area (Å²) >= 11 is 6.87. The van der Waals surface area contributed by atoms with Crippen LogP contribution in [0.5, 0.6) is 0 Å². The first-order chi connectivity index (χ1) is 6.72. The van der Waals surface area contributed by atoms with Crippen molar-refractivity contribution in [3.8, 4) is 0 Å². The molecule has 0 radical (unpaired) electrons. The van der Waals surface area contributed by atoms with Crippen LogP contribution in [0.15, 0.2) is 21.2 Å². The first-order valence-electron chi connectivity index (χ1n) is 4.49. The summed E-state index contributed by atoms with van der Waals surface area (Å²) in [6, 6.07) is 2.17. The third-order valence-corrected chi connectivity index (χ3v) is 3.47. The summed E-state index contributed by atoms with van der Waals surface area (Å²) in [5, 5.41) is 0. The minimum absolute atomic E-state index is 0.178. The Kier molecular flexibility index (Phi) is 3.21. The number of nitrogens with zero attached hydrogens (tertiary/aromatic N) is 1. The molecule has 0 saturated heterocycles. The van der Waals surface area contributed by atoms with E-state index in [1.165, 1.54) is 12.8 Å². The van der Waals surface area contributed by atoms with Gasteiger partial charge in [0.1, 0.15) is 0 Å².